The number of anilines is 2. The summed E-state index contributed by atoms with van der Waals surface area (Å²) in [6.45, 7) is 3.18. The first kappa shape index (κ1) is 23.2. The van der Waals surface area contributed by atoms with Gasteiger partial charge in [0.15, 0.2) is 0 Å². The van der Waals surface area contributed by atoms with Crippen molar-refractivity contribution in [2.45, 2.75) is 57.9 Å². The molecule has 0 atom stereocenters. The summed E-state index contributed by atoms with van der Waals surface area (Å²) in [7, 11) is 1.60. The molecule has 5 rings (SSSR count). The lowest BCUT2D eigenvalue weighted by Gasteiger charge is -2.22. The van der Waals surface area contributed by atoms with Crippen LogP contribution in [0.4, 0.5) is 11.8 Å². The first-order valence-electron chi connectivity index (χ1n) is 12.5. The predicted octanol–water partition coefficient (Wildman–Crippen LogP) is 5.05. The van der Waals surface area contributed by atoms with Crippen molar-refractivity contribution in [2.75, 3.05) is 37.0 Å². The molecule has 7 nitrogen and oxygen atoms in total. The number of nitrogens with zero attached hydrogens (tertiary/aromatic N) is 3. The van der Waals surface area contributed by atoms with Gasteiger partial charge in [0.1, 0.15) is 17.1 Å². The summed E-state index contributed by atoms with van der Waals surface area (Å²) in [5.41, 5.74) is 1.95. The number of hydrogen-bond donors (Lipinski definition) is 2. The van der Waals surface area contributed by atoms with Crippen LogP contribution in [0.3, 0.4) is 0 Å². The number of halogens is 1. The number of amides is 1. The van der Waals surface area contributed by atoms with Crippen molar-refractivity contribution in [3.8, 4) is 5.75 Å². The second-order valence-electron chi connectivity index (χ2n) is 10.1. The number of carbonyl (C=O) groups excluding carboxylic acids is 1. The second kappa shape index (κ2) is 9.98. The number of nitrogens with one attached hydrogen (secondary N) is 2. The van der Waals surface area contributed by atoms with E-state index in [1.165, 1.54) is 51.4 Å². The van der Waals surface area contributed by atoms with E-state index >= 15 is 0 Å². The van der Waals surface area contributed by atoms with Gasteiger partial charge < -0.3 is 20.3 Å². The first-order chi connectivity index (χ1) is 16.5. The third kappa shape index (κ3) is 5.24. The topological polar surface area (TPSA) is 79.4 Å². The minimum atomic E-state index is -0.118. The number of ether oxygens (including phenoxy) is 1. The molecular formula is C26H34ClN5O2. The van der Waals surface area contributed by atoms with Crippen LogP contribution in [0.2, 0.25) is 5.02 Å². The lowest BCUT2D eigenvalue weighted by molar-refractivity contribution is 0.0943. The zero-order chi connectivity index (χ0) is 23.5. The molecule has 2 N–H and O–H groups in total. The molecule has 2 aliphatic carbocycles. The second-order valence-corrected chi connectivity index (χ2v) is 10.5. The summed E-state index contributed by atoms with van der Waals surface area (Å²) >= 11 is 6.30. The van der Waals surface area contributed by atoms with Gasteiger partial charge in [-0.3, -0.25) is 4.79 Å². The molecule has 1 aromatic carbocycles. The van der Waals surface area contributed by atoms with Gasteiger partial charge in [0.05, 0.1) is 12.1 Å². The number of hydrogen-bond acceptors (Lipinski definition) is 6. The van der Waals surface area contributed by atoms with E-state index in [9.17, 15) is 4.79 Å². The molecule has 1 amide bonds. The Labute approximate surface area is 206 Å². The highest BCUT2D eigenvalue weighted by molar-refractivity contribution is 6.32. The molecule has 2 heterocycles. The quantitative estimate of drug-likeness (QED) is 0.547. The molecule has 3 aliphatic rings. The van der Waals surface area contributed by atoms with Gasteiger partial charge in [-0.2, -0.15) is 4.98 Å². The highest BCUT2D eigenvalue weighted by atomic mass is 35.5. The molecule has 182 valence electrons. The number of carbonyl (C=O) groups is 1. The van der Waals surface area contributed by atoms with Gasteiger partial charge in [-0.1, -0.05) is 36.9 Å². The van der Waals surface area contributed by atoms with Crippen LogP contribution in [0.1, 0.15) is 67.3 Å². The molecule has 34 heavy (non-hydrogen) atoms. The van der Waals surface area contributed by atoms with Crippen LogP contribution in [0.15, 0.2) is 24.4 Å². The van der Waals surface area contributed by atoms with E-state index in [1.807, 2.05) is 18.2 Å². The molecular weight excluding hydrogens is 450 g/mol. The summed E-state index contributed by atoms with van der Waals surface area (Å²) in [5, 5.41) is 7.07. The standard InChI is InChI=1S/C26H34ClN5O2/c1-34-22-8-7-19(13-21(22)27)15-28-23-20(24(33)29-14-18-5-3-2-4-6-18)16-30-25(31-23)32-12-11-26(17-32)9-10-26/h7-8,13,16,18H,2-6,9-12,14-15,17H2,1H3,(H,29,33)(H,28,30,31). The van der Waals surface area contributed by atoms with Crippen molar-refractivity contribution < 1.29 is 9.53 Å². The molecule has 0 bridgehead atoms. The van der Waals surface area contributed by atoms with E-state index in [2.05, 4.69) is 20.5 Å². The Balaban J connectivity index is 1.32. The average molecular weight is 484 g/mol. The van der Waals surface area contributed by atoms with E-state index in [1.54, 1.807) is 13.3 Å². The predicted molar refractivity (Wildman–Crippen MR) is 135 cm³/mol. The van der Waals surface area contributed by atoms with Gasteiger partial charge in [-0.25, -0.2) is 4.98 Å². The van der Waals surface area contributed by atoms with Crippen LogP contribution < -0.4 is 20.3 Å². The van der Waals surface area contributed by atoms with Crippen LogP contribution in [0.5, 0.6) is 5.75 Å². The van der Waals surface area contributed by atoms with Gasteiger partial charge >= 0.3 is 0 Å². The van der Waals surface area contributed by atoms with E-state index in [4.69, 9.17) is 21.3 Å². The largest absolute Gasteiger partial charge is 0.495 e. The summed E-state index contributed by atoms with van der Waals surface area (Å²) in [6.07, 6.45) is 11.7. The molecule has 2 aromatic rings. The van der Waals surface area contributed by atoms with Crippen LogP contribution in [-0.2, 0) is 6.54 Å². The normalized spacial score (nSPS) is 19.3. The van der Waals surface area contributed by atoms with Gasteiger partial charge in [0.2, 0.25) is 5.95 Å². The van der Waals surface area contributed by atoms with Crippen molar-refractivity contribution in [1.29, 1.82) is 0 Å². The van der Waals surface area contributed by atoms with Crippen molar-refractivity contribution >= 4 is 29.3 Å². The maximum atomic E-state index is 13.1. The number of rotatable bonds is 8. The van der Waals surface area contributed by atoms with Gasteiger partial charge in [0.25, 0.3) is 5.91 Å². The Morgan fingerprint density at radius 1 is 1.24 bits per heavy atom. The smallest absolute Gasteiger partial charge is 0.256 e. The van der Waals surface area contributed by atoms with E-state index in [0.717, 1.165) is 18.7 Å². The average Bonchev–Trinajstić information content (AvgIpc) is 3.50. The SMILES string of the molecule is COc1ccc(CNc2nc(N3CCC4(CC4)C3)ncc2C(=O)NCC2CCCCC2)cc1Cl. The molecule has 8 heteroatoms. The fourth-order valence-corrected chi connectivity index (χ4v) is 5.53. The van der Waals surface area contributed by atoms with Crippen LogP contribution in [0.25, 0.3) is 0 Å². The summed E-state index contributed by atoms with van der Waals surface area (Å²) in [5.74, 6) is 2.35. The zero-order valence-electron chi connectivity index (χ0n) is 19.9. The molecule has 2 saturated carbocycles. The van der Waals surface area contributed by atoms with Gasteiger partial charge in [-0.15, -0.1) is 0 Å². The van der Waals surface area contributed by atoms with Crippen molar-refractivity contribution in [3.05, 3.63) is 40.5 Å². The summed E-state index contributed by atoms with van der Waals surface area (Å²) in [6, 6.07) is 5.68. The minimum absolute atomic E-state index is 0.118. The Bertz CT molecular complexity index is 1040. The molecule has 1 aliphatic heterocycles. The third-order valence-corrected chi connectivity index (χ3v) is 7.95. The Morgan fingerprint density at radius 3 is 2.76 bits per heavy atom. The Hall–Kier alpha value is -2.54. The molecule has 3 fully saturated rings. The number of aromatic nitrogens is 2. The van der Waals surface area contributed by atoms with E-state index in [-0.39, 0.29) is 5.91 Å². The lowest BCUT2D eigenvalue weighted by Crippen LogP contribution is -2.31. The highest BCUT2D eigenvalue weighted by Crippen LogP contribution is 2.53. The molecule has 0 radical (unpaired) electrons. The van der Waals surface area contributed by atoms with Crippen LogP contribution >= 0.6 is 11.6 Å². The molecule has 1 spiro atoms. The maximum Gasteiger partial charge on any atom is 0.256 e. The fourth-order valence-electron chi connectivity index (χ4n) is 5.25. The first-order valence-corrected chi connectivity index (χ1v) is 12.9. The Morgan fingerprint density at radius 2 is 2.06 bits per heavy atom. The molecule has 1 aromatic heterocycles. The van der Waals surface area contributed by atoms with Crippen molar-refractivity contribution in [2.24, 2.45) is 11.3 Å². The molecule has 1 saturated heterocycles. The monoisotopic (exact) mass is 483 g/mol. The van der Waals surface area contributed by atoms with Crippen molar-refractivity contribution in [3.63, 3.8) is 0 Å². The number of methoxy groups -OCH3 is 1. The fraction of sp³-hybridized carbons (Fsp3) is 0.577. The minimum Gasteiger partial charge on any atom is -0.495 e. The maximum absolute atomic E-state index is 13.1. The highest BCUT2D eigenvalue weighted by Gasteiger charge is 2.48. The lowest BCUT2D eigenvalue weighted by atomic mass is 9.89. The van der Waals surface area contributed by atoms with E-state index < -0.39 is 0 Å². The van der Waals surface area contributed by atoms with Crippen molar-refractivity contribution in [1.82, 2.24) is 15.3 Å². The van der Waals surface area contributed by atoms with Crippen LogP contribution in [-0.4, -0.2) is 42.6 Å². The Kier molecular flexibility index (Phi) is 6.82. The third-order valence-electron chi connectivity index (χ3n) is 7.65. The zero-order valence-corrected chi connectivity index (χ0v) is 20.7. The van der Waals surface area contributed by atoms with Gasteiger partial charge in [0, 0.05) is 32.4 Å². The summed E-state index contributed by atoms with van der Waals surface area (Å²) in [4.78, 5) is 24.8. The van der Waals surface area contributed by atoms with Crippen LogP contribution in [0, 0.1) is 11.3 Å². The molecule has 0 unspecified atom stereocenters. The number of benzene rings is 1. The summed E-state index contributed by atoms with van der Waals surface area (Å²) < 4.78 is 5.25. The van der Waals surface area contributed by atoms with Gasteiger partial charge in [-0.05, 0) is 61.1 Å². The van der Waals surface area contributed by atoms with E-state index in [0.29, 0.717) is 52.5 Å².